The van der Waals surface area contributed by atoms with E-state index in [1.165, 1.54) is 0 Å². The quantitative estimate of drug-likeness (QED) is 0.913. The van der Waals surface area contributed by atoms with Gasteiger partial charge in [0.2, 0.25) is 11.5 Å². The molecule has 0 bridgehead atoms. The number of Topliss-reactive ketones (excluding diaryl/α,β-unsaturated/α-hetero) is 1. The number of halogens is 2. The first-order valence-electron chi connectivity index (χ1n) is 6.77. The number of rotatable bonds is 2. The summed E-state index contributed by atoms with van der Waals surface area (Å²) in [6, 6.07) is 13.2. The second-order valence-corrected chi connectivity index (χ2v) is 5.74. The molecule has 0 unspecified atom stereocenters. The van der Waals surface area contributed by atoms with Crippen LogP contribution in [-0.2, 0) is 6.42 Å². The molecule has 2 aromatic carbocycles. The van der Waals surface area contributed by atoms with Gasteiger partial charge in [0.05, 0.1) is 0 Å². The van der Waals surface area contributed by atoms with E-state index in [2.05, 4.69) is 0 Å². The van der Waals surface area contributed by atoms with Crippen LogP contribution in [0, 0.1) is 0 Å². The van der Waals surface area contributed by atoms with Gasteiger partial charge < -0.3 is 5.11 Å². The molecule has 0 amide bonds. The van der Waals surface area contributed by atoms with Crippen LogP contribution in [0.5, 0.6) is 0 Å². The topological polar surface area (TPSA) is 37.3 Å². The van der Waals surface area contributed by atoms with Crippen molar-refractivity contribution in [3.63, 3.8) is 0 Å². The molecule has 0 aliphatic heterocycles. The number of aryl methyl sites for hydroxylation is 1. The third kappa shape index (κ3) is 2.37. The molecule has 0 saturated carbocycles. The second-order valence-electron chi connectivity index (χ2n) is 5.30. The highest BCUT2D eigenvalue weighted by Crippen LogP contribution is 2.40. The number of hydrogen-bond donors (Lipinski definition) is 1. The van der Waals surface area contributed by atoms with Crippen molar-refractivity contribution in [3.05, 3.63) is 70.2 Å². The van der Waals surface area contributed by atoms with E-state index >= 15 is 4.39 Å². The zero-order valence-corrected chi connectivity index (χ0v) is 12.0. The highest BCUT2D eigenvalue weighted by Gasteiger charge is 2.49. The smallest absolute Gasteiger partial charge is 0.203 e. The minimum Gasteiger partial charge on any atom is -0.385 e. The molecule has 108 valence electrons. The van der Waals surface area contributed by atoms with Gasteiger partial charge in [-0.3, -0.25) is 4.79 Å². The van der Waals surface area contributed by atoms with Crippen molar-refractivity contribution < 1.29 is 14.3 Å². The molecule has 0 fully saturated rings. The molecule has 21 heavy (non-hydrogen) atoms. The molecule has 0 spiro atoms. The van der Waals surface area contributed by atoms with Gasteiger partial charge in [0.25, 0.3) is 0 Å². The summed E-state index contributed by atoms with van der Waals surface area (Å²) in [4.78, 5) is 12.5. The lowest BCUT2D eigenvalue weighted by Crippen LogP contribution is -2.44. The van der Waals surface area contributed by atoms with Crippen molar-refractivity contribution in [2.24, 2.45) is 0 Å². The van der Waals surface area contributed by atoms with Crippen LogP contribution < -0.4 is 0 Å². The fourth-order valence-corrected chi connectivity index (χ4v) is 2.91. The van der Waals surface area contributed by atoms with Gasteiger partial charge in [-0.05, 0) is 36.1 Å². The normalized spacial score (nSPS) is 22.7. The second kappa shape index (κ2) is 5.24. The van der Waals surface area contributed by atoms with Crippen molar-refractivity contribution in [1.29, 1.82) is 0 Å². The minimum atomic E-state index is -2.29. The molecule has 0 heterocycles. The van der Waals surface area contributed by atoms with Crippen LogP contribution >= 0.6 is 11.6 Å². The van der Waals surface area contributed by atoms with Crippen molar-refractivity contribution in [3.8, 4) is 0 Å². The van der Waals surface area contributed by atoms with Crippen LogP contribution in [0.3, 0.4) is 0 Å². The van der Waals surface area contributed by atoms with Gasteiger partial charge >= 0.3 is 0 Å². The maximum Gasteiger partial charge on any atom is 0.203 e. The molecule has 4 heteroatoms. The zero-order valence-electron chi connectivity index (χ0n) is 11.2. The van der Waals surface area contributed by atoms with Crippen LogP contribution in [0.2, 0.25) is 5.02 Å². The van der Waals surface area contributed by atoms with Crippen molar-refractivity contribution in [1.82, 2.24) is 0 Å². The van der Waals surface area contributed by atoms with Crippen LogP contribution in [0.4, 0.5) is 4.39 Å². The molecule has 0 aromatic heterocycles. The standard InChI is InChI=1S/C17H14ClFO2/c18-13-7-5-12(6-8-13)15(20)17(19)10-9-11-3-1-2-4-14(11)16(17)21/h1-8,15,20H,9-10H2/t15-,17+/m0/s1. The van der Waals surface area contributed by atoms with E-state index in [0.29, 0.717) is 22.6 Å². The Morgan fingerprint density at radius 3 is 2.52 bits per heavy atom. The first-order chi connectivity index (χ1) is 10.0. The summed E-state index contributed by atoms with van der Waals surface area (Å²) in [7, 11) is 0. The summed E-state index contributed by atoms with van der Waals surface area (Å²) >= 11 is 5.79. The Balaban J connectivity index is 1.98. The lowest BCUT2D eigenvalue weighted by atomic mass is 9.76. The van der Waals surface area contributed by atoms with Crippen molar-refractivity contribution >= 4 is 17.4 Å². The maximum absolute atomic E-state index is 15.2. The summed E-state index contributed by atoms with van der Waals surface area (Å²) < 4.78 is 15.2. The van der Waals surface area contributed by atoms with Gasteiger partial charge in [-0.25, -0.2) is 4.39 Å². The number of alkyl halides is 1. The third-order valence-electron chi connectivity index (χ3n) is 4.02. The van der Waals surface area contributed by atoms with Crippen LogP contribution in [0.15, 0.2) is 48.5 Å². The Kier molecular flexibility index (Phi) is 3.56. The Bertz CT molecular complexity index is 683. The maximum atomic E-state index is 15.2. The summed E-state index contributed by atoms with van der Waals surface area (Å²) in [6.07, 6.45) is -1.08. The largest absolute Gasteiger partial charge is 0.385 e. The van der Waals surface area contributed by atoms with E-state index in [-0.39, 0.29) is 6.42 Å². The first kappa shape index (κ1) is 14.2. The number of carbonyl (C=O) groups excluding carboxylic acids is 1. The Labute approximate surface area is 127 Å². The molecule has 1 aliphatic rings. The first-order valence-corrected chi connectivity index (χ1v) is 7.15. The van der Waals surface area contributed by atoms with E-state index in [1.54, 1.807) is 36.4 Å². The predicted molar refractivity (Wildman–Crippen MR) is 79.3 cm³/mol. The van der Waals surface area contributed by atoms with Crippen molar-refractivity contribution in [2.45, 2.75) is 24.6 Å². The number of aliphatic hydroxyl groups is 1. The molecule has 1 aliphatic carbocycles. The Morgan fingerprint density at radius 1 is 1.14 bits per heavy atom. The zero-order chi connectivity index (χ0) is 15.0. The van der Waals surface area contributed by atoms with Gasteiger partial charge in [0.1, 0.15) is 6.10 Å². The highest BCUT2D eigenvalue weighted by molar-refractivity contribution is 6.30. The molecular formula is C17H14ClFO2. The van der Waals surface area contributed by atoms with E-state index in [1.807, 2.05) is 12.1 Å². The molecule has 2 atom stereocenters. The van der Waals surface area contributed by atoms with Gasteiger partial charge in [-0.2, -0.15) is 0 Å². The third-order valence-corrected chi connectivity index (χ3v) is 4.27. The molecule has 0 radical (unpaired) electrons. The Hall–Kier alpha value is -1.71. The summed E-state index contributed by atoms with van der Waals surface area (Å²) in [5.74, 6) is -0.646. The molecular weight excluding hydrogens is 291 g/mol. The number of aliphatic hydroxyl groups excluding tert-OH is 1. The highest BCUT2D eigenvalue weighted by atomic mass is 35.5. The van der Waals surface area contributed by atoms with E-state index in [0.717, 1.165) is 5.56 Å². The minimum absolute atomic E-state index is 0.0212. The number of fused-ring (bicyclic) bond motifs is 1. The average molecular weight is 305 g/mol. The fraction of sp³-hybridized carbons (Fsp3) is 0.235. The monoisotopic (exact) mass is 304 g/mol. The SMILES string of the molecule is O=C1c2ccccc2CC[C@@]1(F)[C@@H](O)c1ccc(Cl)cc1. The number of benzene rings is 2. The Morgan fingerprint density at radius 2 is 1.81 bits per heavy atom. The van der Waals surface area contributed by atoms with Crippen LogP contribution in [0.1, 0.15) is 34.0 Å². The van der Waals surface area contributed by atoms with Gasteiger partial charge in [-0.15, -0.1) is 0 Å². The lowest BCUT2D eigenvalue weighted by molar-refractivity contribution is -0.00673. The number of hydrogen-bond acceptors (Lipinski definition) is 2. The van der Waals surface area contributed by atoms with Crippen molar-refractivity contribution in [2.75, 3.05) is 0 Å². The van der Waals surface area contributed by atoms with E-state index in [9.17, 15) is 9.90 Å². The van der Waals surface area contributed by atoms with Gasteiger partial charge in [0, 0.05) is 10.6 Å². The van der Waals surface area contributed by atoms with E-state index < -0.39 is 17.6 Å². The molecule has 2 nitrogen and oxygen atoms in total. The predicted octanol–water partition coefficient (Wildman–Crippen LogP) is 3.91. The average Bonchev–Trinajstić information content (AvgIpc) is 2.51. The number of carbonyl (C=O) groups is 1. The van der Waals surface area contributed by atoms with Crippen LogP contribution in [-0.4, -0.2) is 16.6 Å². The molecule has 2 aromatic rings. The summed E-state index contributed by atoms with van der Waals surface area (Å²) in [6.45, 7) is 0. The lowest BCUT2D eigenvalue weighted by Gasteiger charge is -2.33. The molecule has 0 saturated heterocycles. The molecule has 1 N–H and O–H groups in total. The molecule has 3 rings (SSSR count). The van der Waals surface area contributed by atoms with Gasteiger partial charge in [-0.1, -0.05) is 48.0 Å². The number of ketones is 1. The summed E-state index contributed by atoms with van der Waals surface area (Å²) in [5.41, 5.74) is -0.740. The summed E-state index contributed by atoms with van der Waals surface area (Å²) in [5, 5.41) is 10.9. The van der Waals surface area contributed by atoms with Gasteiger partial charge in [0.15, 0.2) is 0 Å². The van der Waals surface area contributed by atoms with E-state index in [4.69, 9.17) is 11.6 Å². The fourth-order valence-electron chi connectivity index (χ4n) is 2.78. The van der Waals surface area contributed by atoms with Crippen LogP contribution in [0.25, 0.3) is 0 Å².